The van der Waals surface area contributed by atoms with Crippen LogP contribution < -0.4 is 4.74 Å². The first-order valence-electron chi connectivity index (χ1n) is 9.08. The molecule has 0 saturated carbocycles. The first-order chi connectivity index (χ1) is 13.7. The molecule has 1 saturated heterocycles. The van der Waals surface area contributed by atoms with Crippen molar-refractivity contribution in [3.8, 4) is 5.75 Å². The van der Waals surface area contributed by atoms with Gasteiger partial charge in [0.25, 0.3) is 0 Å². The van der Waals surface area contributed by atoms with Crippen LogP contribution in [-0.4, -0.2) is 33.4 Å². The van der Waals surface area contributed by atoms with Crippen LogP contribution in [0.1, 0.15) is 29.4 Å². The second-order valence-electron chi connectivity index (χ2n) is 6.20. The van der Waals surface area contributed by atoms with E-state index in [2.05, 4.69) is 0 Å². The molecule has 1 aliphatic heterocycles. The fraction of sp³-hybridized carbons (Fsp3) is 0.318. The van der Waals surface area contributed by atoms with Gasteiger partial charge in [0.05, 0.1) is 33.7 Å². The van der Waals surface area contributed by atoms with E-state index in [0.717, 1.165) is 17.5 Å². The molecule has 0 aromatic heterocycles. The quantitative estimate of drug-likeness (QED) is 0.410. The minimum absolute atomic E-state index is 0.282. The third-order valence-corrected chi connectivity index (χ3v) is 4.30. The molecule has 148 valence electrons. The van der Waals surface area contributed by atoms with Gasteiger partial charge in [-0.2, -0.15) is 0 Å². The molecule has 1 aliphatic rings. The lowest BCUT2D eigenvalue weighted by Crippen LogP contribution is -2.17. The average Bonchev–Trinajstić information content (AvgIpc) is 2.76. The Labute approximate surface area is 164 Å². The van der Waals surface area contributed by atoms with Gasteiger partial charge in [-0.15, -0.1) is 0 Å². The number of esters is 1. The van der Waals surface area contributed by atoms with Crippen molar-refractivity contribution in [2.45, 2.75) is 19.3 Å². The molecule has 0 radical (unpaired) electrons. The van der Waals surface area contributed by atoms with Crippen molar-refractivity contribution in [2.24, 2.45) is 0 Å². The van der Waals surface area contributed by atoms with Gasteiger partial charge in [0.15, 0.2) is 6.29 Å². The molecular formula is C22H24O6. The Kier molecular flexibility index (Phi) is 7.06. The van der Waals surface area contributed by atoms with E-state index in [-0.39, 0.29) is 12.9 Å². The lowest BCUT2D eigenvalue weighted by Gasteiger charge is -2.23. The predicted octanol–water partition coefficient (Wildman–Crippen LogP) is 3.86. The first kappa shape index (κ1) is 19.9. The van der Waals surface area contributed by atoms with Crippen molar-refractivity contribution in [3.63, 3.8) is 0 Å². The van der Waals surface area contributed by atoms with Gasteiger partial charge >= 0.3 is 5.97 Å². The second-order valence-corrected chi connectivity index (χ2v) is 6.20. The summed E-state index contributed by atoms with van der Waals surface area (Å²) in [5.41, 5.74) is 2.79. The summed E-state index contributed by atoms with van der Waals surface area (Å²) in [5.74, 6) is 0.225. The van der Waals surface area contributed by atoms with Gasteiger partial charge < -0.3 is 23.7 Å². The number of ether oxygens (including phenoxy) is 5. The molecule has 2 aromatic carbocycles. The fourth-order valence-electron chi connectivity index (χ4n) is 2.95. The largest absolute Gasteiger partial charge is 0.503 e. The molecule has 1 fully saturated rings. The van der Waals surface area contributed by atoms with Crippen molar-refractivity contribution >= 4 is 11.5 Å². The number of hydrogen-bond acceptors (Lipinski definition) is 6. The third kappa shape index (κ3) is 4.91. The number of hydrogen-bond donors (Lipinski definition) is 0. The number of carbonyl (C=O) groups excluding carboxylic acids is 1. The van der Waals surface area contributed by atoms with E-state index in [9.17, 15) is 4.79 Å². The highest BCUT2D eigenvalue weighted by Crippen LogP contribution is 2.27. The van der Waals surface area contributed by atoms with E-state index in [1.165, 1.54) is 20.5 Å². The molecule has 0 unspecified atom stereocenters. The topological polar surface area (TPSA) is 63.2 Å². The monoisotopic (exact) mass is 384 g/mol. The number of rotatable bonds is 7. The smallest absolute Gasteiger partial charge is 0.341 e. The molecule has 6 heteroatoms. The fourth-order valence-corrected chi connectivity index (χ4v) is 2.95. The Morgan fingerprint density at radius 1 is 1.11 bits per heavy atom. The van der Waals surface area contributed by atoms with Crippen LogP contribution in [0.15, 0.2) is 54.8 Å². The zero-order valence-electron chi connectivity index (χ0n) is 16.1. The lowest BCUT2D eigenvalue weighted by molar-refractivity contribution is -0.183. The summed E-state index contributed by atoms with van der Waals surface area (Å²) in [4.78, 5) is 12.1. The van der Waals surface area contributed by atoms with Gasteiger partial charge in [0, 0.05) is 5.56 Å². The number of benzene rings is 2. The van der Waals surface area contributed by atoms with Crippen LogP contribution in [0.25, 0.3) is 5.57 Å². The van der Waals surface area contributed by atoms with E-state index < -0.39 is 5.97 Å². The highest BCUT2D eigenvalue weighted by molar-refractivity contribution is 6.16. The van der Waals surface area contributed by atoms with Gasteiger partial charge in [-0.3, -0.25) is 0 Å². The van der Waals surface area contributed by atoms with Gasteiger partial charge in [-0.05, 0) is 29.7 Å². The molecule has 0 atom stereocenters. The van der Waals surface area contributed by atoms with E-state index in [0.29, 0.717) is 30.1 Å². The van der Waals surface area contributed by atoms with Crippen molar-refractivity contribution in [1.82, 2.24) is 0 Å². The van der Waals surface area contributed by atoms with Gasteiger partial charge in [0.1, 0.15) is 17.9 Å². The predicted molar refractivity (Wildman–Crippen MR) is 103 cm³/mol. The summed E-state index contributed by atoms with van der Waals surface area (Å²) in [5, 5.41) is 0. The van der Waals surface area contributed by atoms with E-state index in [4.69, 9.17) is 23.7 Å². The summed E-state index contributed by atoms with van der Waals surface area (Å²) in [6.07, 6.45) is 1.92. The van der Waals surface area contributed by atoms with Crippen molar-refractivity contribution in [3.05, 3.63) is 71.5 Å². The molecular weight excluding hydrogens is 360 g/mol. The summed E-state index contributed by atoms with van der Waals surface area (Å²) >= 11 is 0. The maximum absolute atomic E-state index is 12.1. The van der Waals surface area contributed by atoms with Crippen LogP contribution in [0.2, 0.25) is 0 Å². The molecule has 0 bridgehead atoms. The van der Waals surface area contributed by atoms with Gasteiger partial charge in [-0.25, -0.2) is 4.79 Å². The molecule has 3 rings (SSSR count). The molecule has 28 heavy (non-hydrogen) atoms. The summed E-state index contributed by atoms with van der Waals surface area (Å²) in [6, 6.07) is 15.1. The van der Waals surface area contributed by atoms with Gasteiger partial charge in [0.2, 0.25) is 0 Å². The standard InChI is InChI=1S/C22H24O6/c1-24-15-20(21(23)25-2)19-10-4-3-7-17(19)14-28-18-9-5-8-16(13-18)22-26-11-6-12-27-22/h3-5,7-10,13,15,22H,6,11-12,14H2,1-2H3/b20-15-. The Bertz CT molecular complexity index is 823. The molecule has 6 nitrogen and oxygen atoms in total. The maximum Gasteiger partial charge on any atom is 0.341 e. The molecule has 0 aliphatic carbocycles. The van der Waals surface area contributed by atoms with Crippen LogP contribution in [0.4, 0.5) is 0 Å². The van der Waals surface area contributed by atoms with Crippen LogP contribution in [0.5, 0.6) is 5.75 Å². The summed E-state index contributed by atoms with van der Waals surface area (Å²) in [6.45, 7) is 1.65. The van der Waals surface area contributed by atoms with Crippen LogP contribution in [0, 0.1) is 0 Å². The minimum Gasteiger partial charge on any atom is -0.503 e. The zero-order valence-corrected chi connectivity index (χ0v) is 16.1. The molecule has 0 N–H and O–H groups in total. The van der Waals surface area contributed by atoms with Crippen molar-refractivity contribution in [2.75, 3.05) is 27.4 Å². The Hall–Kier alpha value is -2.83. The van der Waals surface area contributed by atoms with E-state index in [1.54, 1.807) is 0 Å². The van der Waals surface area contributed by atoms with Crippen LogP contribution in [-0.2, 0) is 30.3 Å². The summed E-state index contributed by atoms with van der Waals surface area (Å²) in [7, 11) is 2.83. The highest BCUT2D eigenvalue weighted by Gasteiger charge is 2.18. The maximum atomic E-state index is 12.1. The molecule has 0 amide bonds. The zero-order chi connectivity index (χ0) is 19.8. The van der Waals surface area contributed by atoms with E-state index >= 15 is 0 Å². The number of methoxy groups -OCH3 is 2. The highest BCUT2D eigenvalue weighted by atomic mass is 16.7. The van der Waals surface area contributed by atoms with Crippen LogP contribution in [0.3, 0.4) is 0 Å². The minimum atomic E-state index is -0.470. The Morgan fingerprint density at radius 2 is 1.89 bits per heavy atom. The van der Waals surface area contributed by atoms with Crippen molar-refractivity contribution < 1.29 is 28.5 Å². The molecule has 0 spiro atoms. The first-order valence-corrected chi connectivity index (χ1v) is 9.08. The van der Waals surface area contributed by atoms with Crippen LogP contribution >= 0.6 is 0 Å². The SMILES string of the molecule is CO/C=C(\C(=O)OC)c1ccccc1COc1cccc(C2OCCCO2)c1. The lowest BCUT2D eigenvalue weighted by atomic mass is 10.0. The van der Waals surface area contributed by atoms with E-state index in [1.807, 2.05) is 48.5 Å². The Morgan fingerprint density at radius 3 is 2.64 bits per heavy atom. The van der Waals surface area contributed by atoms with Crippen molar-refractivity contribution in [1.29, 1.82) is 0 Å². The third-order valence-electron chi connectivity index (χ3n) is 4.30. The summed E-state index contributed by atoms with van der Waals surface area (Å²) < 4.78 is 27.2. The Balaban J connectivity index is 1.76. The normalized spacial score (nSPS) is 15.1. The molecule has 2 aromatic rings. The molecule has 1 heterocycles. The van der Waals surface area contributed by atoms with Gasteiger partial charge in [-0.1, -0.05) is 36.4 Å². The number of carbonyl (C=O) groups is 1. The average molecular weight is 384 g/mol. The second kappa shape index (κ2) is 9.92.